The second kappa shape index (κ2) is 7.37. The van der Waals surface area contributed by atoms with Gasteiger partial charge in [0.15, 0.2) is 0 Å². The topological polar surface area (TPSA) is 98.5 Å². The van der Waals surface area contributed by atoms with E-state index in [-0.39, 0.29) is 17.1 Å². The van der Waals surface area contributed by atoms with Gasteiger partial charge in [-0.25, -0.2) is 13.6 Å². The third kappa shape index (κ3) is 5.28. The fourth-order valence-electron chi connectivity index (χ4n) is 1.97. The van der Waals surface area contributed by atoms with Crippen molar-refractivity contribution in [2.45, 2.75) is 12.4 Å². The number of nitrogens with one attached hydrogen (secondary N) is 1. The molecule has 0 bridgehead atoms. The third-order valence-electron chi connectivity index (χ3n) is 2.93. The summed E-state index contributed by atoms with van der Waals surface area (Å²) in [6.07, 6.45) is 0. The molecule has 6 nitrogen and oxygen atoms in total. The van der Waals surface area contributed by atoms with Crippen LogP contribution in [0.3, 0.4) is 0 Å². The van der Waals surface area contributed by atoms with Gasteiger partial charge in [0.2, 0.25) is 10.0 Å². The van der Waals surface area contributed by atoms with Gasteiger partial charge in [-0.2, -0.15) is 8.78 Å². The fourth-order valence-corrected chi connectivity index (χ4v) is 2.63. The van der Waals surface area contributed by atoms with Crippen molar-refractivity contribution in [3.8, 4) is 5.75 Å². The number of para-hydroxylation sites is 1. The minimum atomic E-state index is -3.65. The molecule has 0 spiro atoms. The van der Waals surface area contributed by atoms with Crippen molar-refractivity contribution in [1.29, 1.82) is 0 Å². The molecule has 2 aromatic carbocycles. The number of carbonyl (C=O) groups excluding carboxylic acids is 1. The number of hydrogen-bond acceptors (Lipinski definition) is 4. The van der Waals surface area contributed by atoms with E-state index in [1.807, 2.05) is 0 Å². The van der Waals surface area contributed by atoms with E-state index in [0.717, 1.165) is 0 Å². The van der Waals surface area contributed by atoms with Crippen molar-refractivity contribution < 1.29 is 26.7 Å². The third-order valence-corrected chi connectivity index (χ3v) is 3.66. The van der Waals surface area contributed by atoms with Gasteiger partial charge in [0, 0.05) is 5.69 Å². The molecule has 24 heavy (non-hydrogen) atoms. The molecule has 0 heterocycles. The highest BCUT2D eigenvalue weighted by Crippen LogP contribution is 2.22. The molecule has 0 saturated carbocycles. The van der Waals surface area contributed by atoms with Crippen molar-refractivity contribution in [3.05, 3.63) is 59.7 Å². The lowest BCUT2D eigenvalue weighted by Crippen LogP contribution is -2.16. The number of sulfonamides is 1. The minimum absolute atomic E-state index is 0.0496. The molecule has 0 saturated heterocycles. The van der Waals surface area contributed by atoms with Gasteiger partial charge in [-0.05, 0) is 29.8 Å². The van der Waals surface area contributed by atoms with E-state index in [9.17, 15) is 22.0 Å². The predicted octanol–water partition coefficient (Wildman–Crippen LogP) is 2.33. The van der Waals surface area contributed by atoms with E-state index in [4.69, 9.17) is 5.14 Å². The van der Waals surface area contributed by atoms with Crippen LogP contribution in [0.4, 0.5) is 14.5 Å². The number of hydrogen-bond donors (Lipinski definition) is 2. The van der Waals surface area contributed by atoms with Crippen LogP contribution in [0.15, 0.2) is 48.5 Å². The Balaban J connectivity index is 2.13. The molecule has 0 unspecified atom stereocenters. The molecule has 128 valence electrons. The van der Waals surface area contributed by atoms with Crippen LogP contribution in [0.1, 0.15) is 15.9 Å². The maximum Gasteiger partial charge on any atom is 0.387 e. The van der Waals surface area contributed by atoms with E-state index in [1.54, 1.807) is 0 Å². The van der Waals surface area contributed by atoms with Crippen molar-refractivity contribution in [2.24, 2.45) is 5.14 Å². The van der Waals surface area contributed by atoms with Gasteiger partial charge in [-0.3, -0.25) is 4.79 Å². The Bertz CT molecular complexity index is 824. The van der Waals surface area contributed by atoms with Crippen LogP contribution in [-0.2, 0) is 15.8 Å². The van der Waals surface area contributed by atoms with E-state index in [0.29, 0.717) is 11.3 Å². The highest BCUT2D eigenvalue weighted by Gasteiger charge is 2.15. The summed E-state index contributed by atoms with van der Waals surface area (Å²) in [5, 5.41) is 7.46. The van der Waals surface area contributed by atoms with Crippen molar-refractivity contribution in [3.63, 3.8) is 0 Å². The Morgan fingerprint density at radius 1 is 1.12 bits per heavy atom. The first kappa shape index (κ1) is 17.8. The Morgan fingerprint density at radius 2 is 1.75 bits per heavy atom. The zero-order chi connectivity index (χ0) is 17.7. The van der Waals surface area contributed by atoms with Gasteiger partial charge in [-0.1, -0.05) is 24.3 Å². The molecule has 1 amide bonds. The second-order valence-electron chi connectivity index (χ2n) is 4.83. The highest BCUT2D eigenvalue weighted by molar-refractivity contribution is 7.88. The minimum Gasteiger partial charge on any atom is -0.434 e. The van der Waals surface area contributed by atoms with Crippen LogP contribution >= 0.6 is 0 Å². The van der Waals surface area contributed by atoms with Crippen LogP contribution < -0.4 is 15.2 Å². The van der Waals surface area contributed by atoms with Gasteiger partial charge >= 0.3 is 6.61 Å². The first-order valence-electron chi connectivity index (χ1n) is 6.69. The lowest BCUT2D eigenvalue weighted by Gasteiger charge is -2.11. The van der Waals surface area contributed by atoms with E-state index in [1.165, 1.54) is 48.5 Å². The van der Waals surface area contributed by atoms with E-state index >= 15 is 0 Å². The van der Waals surface area contributed by atoms with Crippen LogP contribution in [-0.4, -0.2) is 20.9 Å². The Morgan fingerprint density at radius 3 is 2.33 bits per heavy atom. The predicted molar refractivity (Wildman–Crippen MR) is 84.3 cm³/mol. The lowest BCUT2D eigenvalue weighted by atomic mass is 10.1. The van der Waals surface area contributed by atoms with Crippen LogP contribution in [0.25, 0.3) is 0 Å². The summed E-state index contributed by atoms with van der Waals surface area (Å²) in [5.41, 5.74) is 0.772. The van der Waals surface area contributed by atoms with Crippen molar-refractivity contribution in [2.75, 3.05) is 5.32 Å². The summed E-state index contributed by atoms with van der Waals surface area (Å²) < 4.78 is 51.0. The SMILES string of the molecule is NS(=O)(=O)Cc1ccc(NC(=O)c2ccccc2OC(F)F)cc1. The molecule has 2 aromatic rings. The summed E-state index contributed by atoms with van der Waals surface area (Å²) in [6.45, 7) is -3.04. The maximum absolute atomic E-state index is 12.4. The second-order valence-corrected chi connectivity index (χ2v) is 6.45. The van der Waals surface area contributed by atoms with Gasteiger partial charge in [-0.15, -0.1) is 0 Å². The summed E-state index contributed by atoms with van der Waals surface area (Å²) in [4.78, 5) is 12.2. The van der Waals surface area contributed by atoms with Crippen molar-refractivity contribution in [1.82, 2.24) is 0 Å². The zero-order valence-corrected chi connectivity index (χ0v) is 13.1. The van der Waals surface area contributed by atoms with Crippen LogP contribution in [0, 0.1) is 0 Å². The number of rotatable bonds is 6. The molecule has 0 aromatic heterocycles. The molecule has 0 aliphatic rings. The number of nitrogens with two attached hydrogens (primary N) is 1. The molecule has 0 radical (unpaired) electrons. The number of benzene rings is 2. The molecule has 0 aliphatic heterocycles. The molecule has 2 rings (SSSR count). The number of carbonyl (C=O) groups is 1. The summed E-state index contributed by atoms with van der Waals surface area (Å²) >= 11 is 0. The first-order valence-corrected chi connectivity index (χ1v) is 8.41. The summed E-state index contributed by atoms with van der Waals surface area (Å²) in [5.74, 6) is -1.20. The number of primary sulfonamides is 1. The highest BCUT2D eigenvalue weighted by atomic mass is 32.2. The first-order chi connectivity index (χ1) is 11.2. The van der Waals surface area contributed by atoms with Crippen LogP contribution in [0.2, 0.25) is 0 Å². The summed E-state index contributed by atoms with van der Waals surface area (Å²) in [7, 11) is -3.65. The molecule has 0 aliphatic carbocycles. The number of amides is 1. The Labute approximate surface area is 137 Å². The Kier molecular flexibility index (Phi) is 5.47. The summed E-state index contributed by atoms with van der Waals surface area (Å²) in [6, 6.07) is 11.5. The molecule has 0 fully saturated rings. The largest absolute Gasteiger partial charge is 0.434 e. The zero-order valence-electron chi connectivity index (χ0n) is 12.3. The monoisotopic (exact) mass is 356 g/mol. The van der Waals surface area contributed by atoms with Crippen LogP contribution in [0.5, 0.6) is 5.75 Å². The van der Waals surface area contributed by atoms with E-state index in [2.05, 4.69) is 10.1 Å². The average Bonchev–Trinajstić information content (AvgIpc) is 2.47. The lowest BCUT2D eigenvalue weighted by molar-refractivity contribution is -0.0501. The van der Waals surface area contributed by atoms with Gasteiger partial charge in [0.05, 0.1) is 11.3 Å². The molecular weight excluding hydrogens is 342 g/mol. The molecule has 3 N–H and O–H groups in total. The average molecular weight is 356 g/mol. The smallest absolute Gasteiger partial charge is 0.387 e. The normalized spacial score (nSPS) is 11.3. The standard InChI is InChI=1S/C15H14F2N2O4S/c16-15(17)23-13-4-2-1-3-12(13)14(20)19-11-7-5-10(6-8-11)9-24(18,21)22/h1-8,15H,9H2,(H,19,20)(H2,18,21,22). The van der Waals surface area contributed by atoms with Gasteiger partial charge in [0.25, 0.3) is 5.91 Å². The molecule has 9 heteroatoms. The van der Waals surface area contributed by atoms with Gasteiger partial charge in [0.1, 0.15) is 5.75 Å². The number of ether oxygens (including phenoxy) is 1. The molecule has 0 atom stereocenters. The fraction of sp³-hybridized carbons (Fsp3) is 0.133. The molecular formula is C15H14F2N2O4S. The number of alkyl halides is 2. The number of anilines is 1. The quantitative estimate of drug-likeness (QED) is 0.830. The maximum atomic E-state index is 12.4. The van der Waals surface area contributed by atoms with E-state index < -0.39 is 22.5 Å². The van der Waals surface area contributed by atoms with Gasteiger partial charge < -0.3 is 10.1 Å². The Hall–Kier alpha value is -2.52. The van der Waals surface area contributed by atoms with Crippen molar-refractivity contribution >= 4 is 21.6 Å². The number of halogens is 2.